The zero-order valence-corrected chi connectivity index (χ0v) is 20.5. The van der Waals surface area contributed by atoms with Gasteiger partial charge in [0.1, 0.15) is 11.4 Å². The molecule has 2 heterocycles. The third-order valence-corrected chi connectivity index (χ3v) is 6.81. The zero-order valence-electron chi connectivity index (χ0n) is 18.9. The zero-order chi connectivity index (χ0) is 24.3. The number of nitrogens with zero attached hydrogens (tertiary/aromatic N) is 4. The highest BCUT2D eigenvalue weighted by Crippen LogP contribution is 2.41. The number of rotatable bonds is 8. The van der Waals surface area contributed by atoms with Crippen molar-refractivity contribution in [3.05, 3.63) is 47.8 Å². The van der Waals surface area contributed by atoms with Crippen LogP contribution in [-0.2, 0) is 19.7 Å². The fourth-order valence-electron chi connectivity index (χ4n) is 4.03. The lowest BCUT2D eigenvalue weighted by Gasteiger charge is -2.35. The summed E-state index contributed by atoms with van der Waals surface area (Å²) in [5, 5.41) is 0.204. The highest BCUT2D eigenvalue weighted by atomic mass is 32.2. The summed E-state index contributed by atoms with van der Waals surface area (Å²) in [6.07, 6.45) is 3.42. The maximum Gasteiger partial charge on any atom is 0.265 e. The van der Waals surface area contributed by atoms with Gasteiger partial charge in [0.25, 0.3) is 21.9 Å². The monoisotopic (exact) mass is 492 g/mol. The first kappa shape index (κ1) is 24.9. The molecule has 0 bridgehead atoms. The van der Waals surface area contributed by atoms with Crippen LogP contribution in [-0.4, -0.2) is 71.6 Å². The van der Waals surface area contributed by atoms with Crippen LogP contribution in [0.25, 0.3) is 0 Å². The summed E-state index contributed by atoms with van der Waals surface area (Å²) >= 11 is 5.31. The second-order valence-corrected chi connectivity index (χ2v) is 9.45. The Morgan fingerprint density at radius 2 is 1.39 bits per heavy atom. The number of hydrogen-bond acceptors (Lipinski definition) is 7. The summed E-state index contributed by atoms with van der Waals surface area (Å²) in [5.74, 6) is -0.533. The lowest BCUT2D eigenvalue weighted by atomic mass is 10.1. The number of benzene rings is 1. The predicted molar refractivity (Wildman–Crippen MR) is 131 cm³/mol. The number of likely N-dealkylation sites (N-methyl/N-ethyl adjacent to an activating group) is 2. The molecule has 0 aliphatic carbocycles. The summed E-state index contributed by atoms with van der Waals surface area (Å²) in [6, 6.07) is 7.67. The lowest BCUT2D eigenvalue weighted by Crippen LogP contribution is -2.55. The van der Waals surface area contributed by atoms with E-state index < -0.39 is 21.9 Å². The first-order valence-electron chi connectivity index (χ1n) is 10.8. The Bertz CT molecular complexity index is 1100. The molecule has 1 fully saturated rings. The average Bonchev–Trinajstić information content (AvgIpc) is 3.06. The Labute approximate surface area is 199 Å². The average molecular weight is 493 g/mol. The van der Waals surface area contributed by atoms with Crippen molar-refractivity contribution in [2.45, 2.75) is 27.2 Å². The van der Waals surface area contributed by atoms with Gasteiger partial charge in [-0.3, -0.25) is 23.9 Å². The Morgan fingerprint density at radius 1 is 0.879 bits per heavy atom. The van der Waals surface area contributed by atoms with Gasteiger partial charge in [-0.15, -0.1) is 0 Å². The summed E-state index contributed by atoms with van der Waals surface area (Å²) < 4.78 is 31.5. The normalized spacial score (nSPS) is 18.0. The topological polar surface area (TPSA) is 101 Å². The molecule has 0 unspecified atom stereocenters. The molecule has 0 atom stereocenters. The molecule has 0 spiro atoms. The van der Waals surface area contributed by atoms with Gasteiger partial charge in [0.15, 0.2) is 5.11 Å². The molecule has 1 aromatic rings. The molecule has 0 aromatic heterocycles. The maximum atomic E-state index is 12.9. The van der Waals surface area contributed by atoms with E-state index in [2.05, 4.69) is 0 Å². The third-order valence-electron chi connectivity index (χ3n) is 5.56. The number of carbonyl (C=O) groups is 2. The van der Waals surface area contributed by atoms with Gasteiger partial charge in [0, 0.05) is 26.2 Å². The van der Waals surface area contributed by atoms with Crippen molar-refractivity contribution in [2.24, 2.45) is 0 Å². The molecule has 0 radical (unpaired) electrons. The minimum atomic E-state index is -4.08. The molecule has 2 amide bonds. The lowest BCUT2D eigenvalue weighted by molar-refractivity contribution is -0.133. The van der Waals surface area contributed by atoms with E-state index in [9.17, 15) is 18.0 Å². The van der Waals surface area contributed by atoms with E-state index >= 15 is 0 Å². The van der Waals surface area contributed by atoms with Gasteiger partial charge in [-0.1, -0.05) is 12.1 Å². The van der Waals surface area contributed by atoms with E-state index in [1.807, 2.05) is 41.0 Å². The predicted octanol–water partition coefficient (Wildman–Crippen LogP) is 2.37. The van der Waals surface area contributed by atoms with E-state index in [-0.39, 0.29) is 22.9 Å². The van der Waals surface area contributed by atoms with Crippen LogP contribution in [0.15, 0.2) is 47.8 Å². The van der Waals surface area contributed by atoms with Crippen molar-refractivity contribution in [3.8, 4) is 0 Å². The molecule has 11 heteroatoms. The quantitative estimate of drug-likeness (QED) is 0.255. The molecule has 3 rings (SSSR count). The Balaban J connectivity index is 2.02. The number of para-hydroxylation sites is 2. The van der Waals surface area contributed by atoms with Crippen LogP contribution in [0.1, 0.15) is 27.2 Å². The molecular formula is C22H28N4O5S2. The number of hydrogen-bond donors (Lipinski definition) is 1. The smallest absolute Gasteiger partial charge is 0.265 e. The van der Waals surface area contributed by atoms with Gasteiger partial charge in [-0.2, -0.15) is 8.42 Å². The van der Waals surface area contributed by atoms with Crippen LogP contribution in [0, 0.1) is 0 Å². The van der Waals surface area contributed by atoms with Gasteiger partial charge < -0.3 is 9.80 Å². The molecule has 33 heavy (non-hydrogen) atoms. The van der Waals surface area contributed by atoms with Crippen molar-refractivity contribution >= 4 is 50.6 Å². The van der Waals surface area contributed by atoms with Gasteiger partial charge in [0.05, 0.1) is 17.1 Å². The second-order valence-electron chi connectivity index (χ2n) is 7.51. The third kappa shape index (κ3) is 4.94. The highest BCUT2D eigenvalue weighted by molar-refractivity contribution is 7.85. The Hall–Kier alpha value is -2.76. The molecule has 2 aliphatic heterocycles. The van der Waals surface area contributed by atoms with E-state index in [4.69, 9.17) is 16.8 Å². The van der Waals surface area contributed by atoms with E-state index in [0.717, 1.165) is 11.4 Å². The summed E-state index contributed by atoms with van der Waals surface area (Å²) in [7, 11) is -4.08. The highest BCUT2D eigenvalue weighted by Gasteiger charge is 2.38. The fraction of sp³-hybridized carbons (Fsp3) is 0.409. The van der Waals surface area contributed by atoms with Crippen LogP contribution >= 0.6 is 12.2 Å². The van der Waals surface area contributed by atoms with E-state index in [1.165, 1.54) is 15.9 Å². The number of allylic oxidation sites excluding steroid dienone is 2. The van der Waals surface area contributed by atoms with Gasteiger partial charge in [-0.05, 0) is 63.7 Å². The number of amides is 2. The standard InChI is InChI=1S/C22H28N4O5S2/c1-4-23-17-10-7-8-11-18(17)26(14-9-15-33(29,30)31)19(23)13-12-16-20(27)24(5-2)22(32)25(6-3)21(16)28/h7-8,10-13H,4-6,9,14-15H2,1-3H3,(H,29,30,31)/b19-13+. The molecule has 9 nitrogen and oxygen atoms in total. The van der Waals surface area contributed by atoms with Crippen LogP contribution in [0.4, 0.5) is 11.4 Å². The summed E-state index contributed by atoms with van der Waals surface area (Å²) in [4.78, 5) is 32.6. The fourth-order valence-corrected chi connectivity index (χ4v) is 4.94. The number of fused-ring (bicyclic) bond motifs is 1. The molecule has 178 valence electrons. The van der Waals surface area contributed by atoms with Crippen molar-refractivity contribution in [1.82, 2.24) is 9.80 Å². The SMILES string of the molecule is CCN1C(=O)C(=C/C=C2\N(CC)c3ccccc3N2CCCS(=O)(=O)O)C(=O)N(CC)C1=S. The van der Waals surface area contributed by atoms with Gasteiger partial charge in [-0.25, -0.2) is 0 Å². The van der Waals surface area contributed by atoms with Crippen LogP contribution in [0.2, 0.25) is 0 Å². The van der Waals surface area contributed by atoms with Gasteiger partial charge in [0.2, 0.25) is 0 Å². The summed E-state index contributed by atoms with van der Waals surface area (Å²) in [5.41, 5.74) is 1.83. The maximum absolute atomic E-state index is 12.9. The van der Waals surface area contributed by atoms with Crippen molar-refractivity contribution in [3.63, 3.8) is 0 Å². The molecule has 1 N–H and O–H groups in total. The van der Waals surface area contributed by atoms with Crippen LogP contribution in [0.3, 0.4) is 0 Å². The number of thiocarbonyl (C=S) groups is 1. The molecule has 0 saturated carbocycles. The molecular weight excluding hydrogens is 464 g/mol. The van der Waals surface area contributed by atoms with Crippen LogP contribution < -0.4 is 9.80 Å². The first-order chi connectivity index (χ1) is 15.6. The largest absolute Gasteiger partial charge is 0.326 e. The minimum absolute atomic E-state index is 0.0182. The number of carbonyl (C=O) groups excluding carboxylic acids is 2. The molecule has 1 aromatic carbocycles. The van der Waals surface area contributed by atoms with E-state index in [0.29, 0.717) is 32.0 Å². The number of anilines is 2. The molecule has 2 aliphatic rings. The second kappa shape index (κ2) is 10.0. The van der Waals surface area contributed by atoms with Crippen molar-refractivity contribution in [2.75, 3.05) is 41.7 Å². The molecule has 1 saturated heterocycles. The summed E-state index contributed by atoms with van der Waals surface area (Å²) in [6.45, 7) is 7.23. The Morgan fingerprint density at radius 3 is 1.88 bits per heavy atom. The minimum Gasteiger partial charge on any atom is -0.326 e. The van der Waals surface area contributed by atoms with Crippen LogP contribution in [0.5, 0.6) is 0 Å². The first-order valence-corrected chi connectivity index (χ1v) is 12.8. The van der Waals surface area contributed by atoms with Crippen molar-refractivity contribution < 1.29 is 22.6 Å². The van der Waals surface area contributed by atoms with Gasteiger partial charge >= 0.3 is 0 Å². The van der Waals surface area contributed by atoms with E-state index in [1.54, 1.807) is 19.9 Å². The van der Waals surface area contributed by atoms with Crippen molar-refractivity contribution in [1.29, 1.82) is 0 Å². The Kier molecular flexibility index (Phi) is 7.55.